The lowest BCUT2D eigenvalue weighted by atomic mass is 10.0. The Hall–Kier alpha value is -2.87. The Morgan fingerprint density at radius 3 is 2.73 bits per heavy atom. The van der Waals surface area contributed by atoms with Gasteiger partial charge in [0.2, 0.25) is 18.7 Å². The van der Waals surface area contributed by atoms with E-state index in [1.165, 1.54) is 0 Å². The summed E-state index contributed by atoms with van der Waals surface area (Å²) in [6.07, 6.45) is 0.227. The normalized spacial score (nSPS) is 18.1. The highest BCUT2D eigenvalue weighted by Gasteiger charge is 2.24. The molecular weight excluding hydrogens is 402 g/mol. The number of carbonyl (C=O) groups is 2. The van der Waals surface area contributed by atoms with Crippen molar-refractivity contribution >= 4 is 33.7 Å². The van der Waals surface area contributed by atoms with Crippen LogP contribution >= 0.6 is 15.9 Å². The van der Waals surface area contributed by atoms with Crippen molar-refractivity contribution in [1.29, 1.82) is 0 Å². The highest BCUT2D eigenvalue weighted by Crippen LogP contribution is 2.32. The molecule has 2 N–H and O–H groups in total. The second-order valence-corrected chi connectivity index (χ2v) is 6.74. The molecule has 2 aliphatic heterocycles. The lowest BCUT2D eigenvalue weighted by Gasteiger charge is -2.21. The second kappa shape index (κ2) is 6.80. The minimum atomic E-state index is -0.390. The lowest BCUT2D eigenvalue weighted by molar-refractivity contribution is -0.120. The van der Waals surface area contributed by atoms with Gasteiger partial charge < -0.3 is 9.47 Å². The number of aliphatic imine (C=N–C) groups is 1. The van der Waals surface area contributed by atoms with Crippen LogP contribution in [0, 0.1) is 0 Å². The maximum absolute atomic E-state index is 12.5. The van der Waals surface area contributed by atoms with Crippen molar-refractivity contribution in [3.8, 4) is 11.5 Å². The Morgan fingerprint density at radius 1 is 1.15 bits per heavy atom. The topological polar surface area (TPSA) is 89.0 Å². The molecule has 2 aromatic rings. The molecule has 0 saturated carbocycles. The van der Waals surface area contributed by atoms with Gasteiger partial charge in [0.1, 0.15) is 0 Å². The number of guanidine groups is 1. The van der Waals surface area contributed by atoms with Crippen LogP contribution in [0.5, 0.6) is 11.5 Å². The summed E-state index contributed by atoms with van der Waals surface area (Å²) in [6, 6.07) is 12.1. The van der Waals surface area contributed by atoms with Crippen molar-refractivity contribution in [3.63, 3.8) is 0 Å². The molecule has 0 radical (unpaired) electrons. The first-order valence-corrected chi connectivity index (χ1v) is 8.72. The first kappa shape index (κ1) is 16.6. The van der Waals surface area contributed by atoms with Crippen LogP contribution in [-0.4, -0.2) is 24.6 Å². The molecule has 2 aromatic carbocycles. The number of hydrogen-bond donors (Lipinski definition) is 2. The summed E-state index contributed by atoms with van der Waals surface area (Å²) >= 11 is 3.38. The summed E-state index contributed by atoms with van der Waals surface area (Å²) in [6.45, 7) is 0.137. The predicted molar refractivity (Wildman–Crippen MR) is 97.1 cm³/mol. The minimum absolute atomic E-state index is 0.136. The highest BCUT2D eigenvalue weighted by atomic mass is 79.9. The van der Waals surface area contributed by atoms with Gasteiger partial charge in [-0.05, 0) is 35.9 Å². The standard InChI is InChI=1S/C18H14BrN3O4/c19-12-4-1-10(2-5-12)13-8-16(23)21-18(20-13)22-17(24)11-3-6-14-15(7-11)26-9-25-14/h1-7,13H,8-9H2,(H2,20,21,22,23,24)/t13-/m1/s1. The highest BCUT2D eigenvalue weighted by molar-refractivity contribution is 9.10. The molecule has 1 atom stereocenters. The Labute approximate surface area is 157 Å². The number of benzene rings is 2. The van der Waals surface area contributed by atoms with Crippen LogP contribution in [0.4, 0.5) is 0 Å². The molecule has 0 fully saturated rings. The molecular formula is C18H14BrN3O4. The van der Waals surface area contributed by atoms with Crippen LogP contribution < -0.4 is 20.1 Å². The van der Waals surface area contributed by atoms with E-state index >= 15 is 0 Å². The molecule has 0 aromatic heterocycles. The molecule has 4 rings (SSSR count). The first-order chi connectivity index (χ1) is 12.6. The number of fused-ring (bicyclic) bond motifs is 1. The van der Waals surface area contributed by atoms with Crippen LogP contribution in [0.15, 0.2) is 51.9 Å². The van der Waals surface area contributed by atoms with Crippen LogP contribution in [0.2, 0.25) is 0 Å². The molecule has 0 unspecified atom stereocenters. The van der Waals surface area contributed by atoms with Gasteiger partial charge in [-0.1, -0.05) is 28.1 Å². The van der Waals surface area contributed by atoms with Crippen LogP contribution in [-0.2, 0) is 4.79 Å². The van der Waals surface area contributed by atoms with Gasteiger partial charge in [-0.25, -0.2) is 4.99 Å². The number of amides is 2. The summed E-state index contributed by atoms with van der Waals surface area (Å²) < 4.78 is 11.5. The molecule has 132 valence electrons. The Kier molecular flexibility index (Phi) is 4.34. The van der Waals surface area contributed by atoms with E-state index in [1.807, 2.05) is 24.3 Å². The molecule has 26 heavy (non-hydrogen) atoms. The van der Waals surface area contributed by atoms with E-state index in [2.05, 4.69) is 31.6 Å². The molecule has 0 aliphatic carbocycles. The van der Waals surface area contributed by atoms with Crippen LogP contribution in [0.3, 0.4) is 0 Å². The van der Waals surface area contributed by atoms with E-state index in [-0.39, 0.29) is 37.0 Å². The number of ether oxygens (including phenoxy) is 2. The maximum Gasteiger partial charge on any atom is 0.258 e. The van der Waals surface area contributed by atoms with Crippen molar-refractivity contribution in [2.75, 3.05) is 6.79 Å². The molecule has 2 heterocycles. The fraction of sp³-hybridized carbons (Fsp3) is 0.167. The number of hydrogen-bond acceptors (Lipinski definition) is 5. The van der Waals surface area contributed by atoms with E-state index in [4.69, 9.17) is 9.47 Å². The minimum Gasteiger partial charge on any atom is -0.454 e. The van der Waals surface area contributed by atoms with Gasteiger partial charge in [0.25, 0.3) is 5.91 Å². The van der Waals surface area contributed by atoms with E-state index in [9.17, 15) is 9.59 Å². The zero-order chi connectivity index (χ0) is 18.1. The van der Waals surface area contributed by atoms with Crippen molar-refractivity contribution in [2.24, 2.45) is 4.99 Å². The second-order valence-electron chi connectivity index (χ2n) is 5.82. The maximum atomic E-state index is 12.5. The zero-order valence-electron chi connectivity index (χ0n) is 13.5. The summed E-state index contributed by atoms with van der Waals surface area (Å²) in [5.41, 5.74) is 1.29. The molecule has 2 aliphatic rings. The van der Waals surface area contributed by atoms with Gasteiger partial charge >= 0.3 is 0 Å². The van der Waals surface area contributed by atoms with Crippen molar-refractivity contribution in [2.45, 2.75) is 12.5 Å². The van der Waals surface area contributed by atoms with Crippen LogP contribution in [0.1, 0.15) is 28.4 Å². The van der Waals surface area contributed by atoms with E-state index < -0.39 is 0 Å². The molecule has 0 bridgehead atoms. The zero-order valence-corrected chi connectivity index (χ0v) is 15.1. The number of halogens is 1. The predicted octanol–water partition coefficient (Wildman–Crippen LogP) is 2.52. The van der Waals surface area contributed by atoms with Gasteiger partial charge in [-0.3, -0.25) is 20.2 Å². The monoisotopic (exact) mass is 415 g/mol. The Bertz CT molecular complexity index is 911. The summed E-state index contributed by atoms with van der Waals surface area (Å²) in [5.74, 6) is 0.657. The average molecular weight is 416 g/mol. The van der Waals surface area contributed by atoms with Gasteiger partial charge in [-0.15, -0.1) is 0 Å². The summed E-state index contributed by atoms with van der Waals surface area (Å²) in [4.78, 5) is 28.9. The fourth-order valence-electron chi connectivity index (χ4n) is 2.75. The third-order valence-electron chi connectivity index (χ3n) is 4.04. The largest absolute Gasteiger partial charge is 0.454 e. The molecule has 2 amide bonds. The van der Waals surface area contributed by atoms with Gasteiger partial charge in [0, 0.05) is 10.0 Å². The van der Waals surface area contributed by atoms with Crippen LogP contribution in [0.25, 0.3) is 0 Å². The van der Waals surface area contributed by atoms with E-state index in [0.717, 1.165) is 10.0 Å². The average Bonchev–Trinajstić information content (AvgIpc) is 3.09. The fourth-order valence-corrected chi connectivity index (χ4v) is 3.02. The molecule has 0 saturated heterocycles. The Balaban J connectivity index is 1.53. The quantitative estimate of drug-likeness (QED) is 0.788. The summed E-state index contributed by atoms with van der Waals surface area (Å²) in [7, 11) is 0. The number of rotatable bonds is 2. The van der Waals surface area contributed by atoms with Crippen molar-refractivity contribution in [3.05, 3.63) is 58.1 Å². The van der Waals surface area contributed by atoms with Gasteiger partial charge in [0.15, 0.2) is 11.5 Å². The lowest BCUT2D eigenvalue weighted by Crippen LogP contribution is -2.47. The SMILES string of the molecule is O=C1C[C@H](c2ccc(Br)cc2)N=C(NC(=O)c2ccc3c(c2)OCO3)N1. The van der Waals surface area contributed by atoms with Crippen molar-refractivity contribution < 1.29 is 19.1 Å². The van der Waals surface area contributed by atoms with Gasteiger partial charge in [0.05, 0.1) is 12.5 Å². The Morgan fingerprint density at radius 2 is 1.92 bits per heavy atom. The third kappa shape index (κ3) is 3.41. The van der Waals surface area contributed by atoms with E-state index in [1.54, 1.807) is 18.2 Å². The number of nitrogens with one attached hydrogen (secondary N) is 2. The third-order valence-corrected chi connectivity index (χ3v) is 4.57. The van der Waals surface area contributed by atoms with Gasteiger partial charge in [-0.2, -0.15) is 0 Å². The smallest absolute Gasteiger partial charge is 0.258 e. The molecule has 8 heteroatoms. The number of carbonyl (C=O) groups excluding carboxylic acids is 2. The van der Waals surface area contributed by atoms with E-state index in [0.29, 0.717) is 17.1 Å². The first-order valence-electron chi connectivity index (χ1n) is 7.92. The molecule has 7 nitrogen and oxygen atoms in total. The summed E-state index contributed by atoms with van der Waals surface area (Å²) in [5, 5.41) is 5.24. The number of nitrogens with zero attached hydrogens (tertiary/aromatic N) is 1. The van der Waals surface area contributed by atoms with Crippen molar-refractivity contribution in [1.82, 2.24) is 10.6 Å². The molecule has 0 spiro atoms.